The summed E-state index contributed by atoms with van der Waals surface area (Å²) >= 11 is 0. The first-order chi connectivity index (χ1) is 11.8. The molecule has 140 valence electrons. The van der Waals surface area contributed by atoms with Crippen LogP contribution >= 0.6 is 0 Å². The van der Waals surface area contributed by atoms with Gasteiger partial charge in [-0.2, -0.15) is 0 Å². The monoisotopic (exact) mass is 349 g/mol. The Bertz CT molecular complexity index is 567. The van der Waals surface area contributed by atoms with Gasteiger partial charge in [-0.25, -0.2) is 4.79 Å². The third-order valence-electron chi connectivity index (χ3n) is 4.38. The molecule has 5 heteroatoms. The van der Waals surface area contributed by atoms with Gasteiger partial charge in [-0.05, 0) is 44.9 Å². The van der Waals surface area contributed by atoms with E-state index in [1.165, 1.54) is 0 Å². The molecule has 0 aliphatic carbocycles. The van der Waals surface area contributed by atoms with Crippen molar-refractivity contribution in [2.24, 2.45) is 5.92 Å². The van der Waals surface area contributed by atoms with Gasteiger partial charge < -0.3 is 19.5 Å². The number of amides is 1. The molecule has 1 fully saturated rings. The van der Waals surface area contributed by atoms with Crippen LogP contribution in [-0.2, 0) is 4.74 Å². The fraction of sp³-hybridized carbons (Fsp3) is 0.650. The number of carbonyl (C=O) groups is 1. The fourth-order valence-electron chi connectivity index (χ4n) is 3.08. The number of nitrogens with zero attached hydrogens (tertiary/aromatic N) is 1. The predicted octanol–water partition coefficient (Wildman–Crippen LogP) is 3.81. The number of hydrogen-bond acceptors (Lipinski definition) is 4. The minimum absolute atomic E-state index is 0.0124. The topological polar surface area (TPSA) is 59.0 Å². The Morgan fingerprint density at radius 3 is 2.72 bits per heavy atom. The van der Waals surface area contributed by atoms with Crippen molar-refractivity contribution in [2.45, 2.75) is 52.1 Å². The van der Waals surface area contributed by atoms with E-state index in [2.05, 4.69) is 6.92 Å². The zero-order valence-electron chi connectivity index (χ0n) is 15.8. The number of benzene rings is 1. The van der Waals surface area contributed by atoms with Crippen LogP contribution in [0.5, 0.6) is 5.75 Å². The Labute approximate surface area is 150 Å². The van der Waals surface area contributed by atoms with Crippen LogP contribution in [-0.4, -0.2) is 48.0 Å². The average Bonchev–Trinajstić information content (AvgIpc) is 2.98. The van der Waals surface area contributed by atoms with E-state index in [-0.39, 0.29) is 24.5 Å². The van der Waals surface area contributed by atoms with Crippen LogP contribution < -0.4 is 4.74 Å². The van der Waals surface area contributed by atoms with Crippen LogP contribution in [0.3, 0.4) is 0 Å². The van der Waals surface area contributed by atoms with E-state index in [1.807, 2.05) is 45.0 Å². The summed E-state index contributed by atoms with van der Waals surface area (Å²) in [5.74, 6) is 0.948. The summed E-state index contributed by atoms with van der Waals surface area (Å²) in [7, 11) is 0. The van der Waals surface area contributed by atoms with E-state index >= 15 is 0 Å². The van der Waals surface area contributed by atoms with Crippen LogP contribution in [0.1, 0.15) is 52.0 Å². The summed E-state index contributed by atoms with van der Waals surface area (Å²) in [5, 5.41) is 9.76. The first kappa shape index (κ1) is 19.6. The van der Waals surface area contributed by atoms with Crippen LogP contribution in [0.4, 0.5) is 4.79 Å². The summed E-state index contributed by atoms with van der Waals surface area (Å²) in [6.07, 6.45) is 1.81. The number of carbonyl (C=O) groups excluding carboxylic acids is 1. The lowest BCUT2D eigenvalue weighted by Gasteiger charge is -2.24. The van der Waals surface area contributed by atoms with Crippen LogP contribution in [0.25, 0.3) is 0 Å². The minimum atomic E-state index is -0.517. The highest BCUT2D eigenvalue weighted by Gasteiger charge is 2.37. The SMILES string of the molecule is CCCCOc1cccc([C@@H]2CN(C(=O)OC(C)(C)C)C[C@@H]2CO)c1. The molecular formula is C20H31NO4. The van der Waals surface area contributed by atoms with E-state index in [4.69, 9.17) is 9.47 Å². The maximum absolute atomic E-state index is 12.3. The number of unbranched alkanes of at least 4 members (excludes halogenated alkanes) is 1. The molecule has 2 atom stereocenters. The van der Waals surface area contributed by atoms with Gasteiger partial charge in [-0.15, -0.1) is 0 Å². The minimum Gasteiger partial charge on any atom is -0.494 e. The zero-order valence-corrected chi connectivity index (χ0v) is 15.8. The van der Waals surface area contributed by atoms with Crippen molar-refractivity contribution in [2.75, 3.05) is 26.3 Å². The van der Waals surface area contributed by atoms with Gasteiger partial charge in [0.05, 0.1) is 6.61 Å². The molecule has 0 saturated carbocycles. The second-order valence-corrected chi connectivity index (χ2v) is 7.71. The summed E-state index contributed by atoms with van der Waals surface area (Å²) < 4.78 is 11.3. The van der Waals surface area contributed by atoms with Gasteiger partial charge in [0.2, 0.25) is 0 Å². The third kappa shape index (κ3) is 5.63. The molecule has 1 N–H and O–H groups in total. The lowest BCUT2D eigenvalue weighted by atomic mass is 9.89. The second-order valence-electron chi connectivity index (χ2n) is 7.71. The van der Waals surface area contributed by atoms with E-state index in [0.717, 1.165) is 24.2 Å². The summed E-state index contributed by atoms with van der Waals surface area (Å²) in [6, 6.07) is 8.00. The van der Waals surface area contributed by atoms with Gasteiger partial charge in [0.1, 0.15) is 11.4 Å². The van der Waals surface area contributed by atoms with Gasteiger partial charge >= 0.3 is 6.09 Å². The van der Waals surface area contributed by atoms with Crippen LogP contribution in [0.15, 0.2) is 24.3 Å². The Balaban J connectivity index is 2.07. The van der Waals surface area contributed by atoms with Gasteiger partial charge in [0.25, 0.3) is 0 Å². The van der Waals surface area contributed by atoms with E-state index in [0.29, 0.717) is 19.7 Å². The molecule has 25 heavy (non-hydrogen) atoms. The Morgan fingerprint density at radius 1 is 1.32 bits per heavy atom. The molecule has 0 bridgehead atoms. The van der Waals surface area contributed by atoms with Gasteiger partial charge in [0, 0.05) is 31.5 Å². The van der Waals surface area contributed by atoms with E-state index < -0.39 is 5.60 Å². The zero-order chi connectivity index (χ0) is 18.4. The number of aliphatic hydroxyl groups excluding tert-OH is 1. The highest BCUT2D eigenvalue weighted by atomic mass is 16.6. The van der Waals surface area contributed by atoms with Crippen molar-refractivity contribution < 1.29 is 19.4 Å². The summed E-state index contributed by atoms with van der Waals surface area (Å²) in [4.78, 5) is 14.0. The quantitative estimate of drug-likeness (QED) is 0.794. The molecular weight excluding hydrogens is 318 g/mol. The molecule has 2 rings (SSSR count). The fourth-order valence-corrected chi connectivity index (χ4v) is 3.08. The molecule has 0 spiro atoms. The number of aliphatic hydroxyl groups is 1. The summed E-state index contributed by atoms with van der Waals surface area (Å²) in [6.45, 7) is 9.53. The van der Waals surface area contributed by atoms with E-state index in [1.54, 1.807) is 4.90 Å². The Kier molecular flexibility index (Phi) is 6.71. The van der Waals surface area contributed by atoms with Crippen molar-refractivity contribution in [1.29, 1.82) is 0 Å². The van der Waals surface area contributed by atoms with Gasteiger partial charge in [-0.3, -0.25) is 0 Å². The highest BCUT2D eigenvalue weighted by molar-refractivity contribution is 5.68. The Hall–Kier alpha value is -1.75. The maximum Gasteiger partial charge on any atom is 0.410 e. The second kappa shape index (κ2) is 8.56. The molecule has 0 unspecified atom stereocenters. The van der Waals surface area contributed by atoms with Gasteiger partial charge in [0.15, 0.2) is 0 Å². The third-order valence-corrected chi connectivity index (χ3v) is 4.38. The van der Waals surface area contributed by atoms with Crippen LogP contribution in [0.2, 0.25) is 0 Å². The predicted molar refractivity (Wildman–Crippen MR) is 98.0 cm³/mol. The van der Waals surface area contributed by atoms with Crippen molar-refractivity contribution in [3.05, 3.63) is 29.8 Å². The molecule has 1 aromatic carbocycles. The molecule has 5 nitrogen and oxygen atoms in total. The first-order valence-corrected chi connectivity index (χ1v) is 9.15. The molecule has 1 aliphatic heterocycles. The van der Waals surface area contributed by atoms with Gasteiger partial charge in [-0.1, -0.05) is 25.5 Å². The summed E-state index contributed by atoms with van der Waals surface area (Å²) in [5.41, 5.74) is 0.579. The molecule has 0 radical (unpaired) electrons. The van der Waals surface area contributed by atoms with E-state index in [9.17, 15) is 9.90 Å². The van der Waals surface area contributed by atoms with Crippen LogP contribution in [0, 0.1) is 5.92 Å². The lowest BCUT2D eigenvalue weighted by molar-refractivity contribution is 0.0283. The molecule has 1 saturated heterocycles. The molecule has 0 aromatic heterocycles. The first-order valence-electron chi connectivity index (χ1n) is 9.15. The largest absolute Gasteiger partial charge is 0.494 e. The maximum atomic E-state index is 12.3. The lowest BCUT2D eigenvalue weighted by Crippen LogP contribution is -2.35. The number of rotatable bonds is 6. The average molecular weight is 349 g/mol. The molecule has 1 aromatic rings. The van der Waals surface area contributed by atoms with Crippen molar-refractivity contribution in [1.82, 2.24) is 4.90 Å². The van der Waals surface area contributed by atoms with Crippen molar-refractivity contribution >= 4 is 6.09 Å². The standard InChI is InChI=1S/C20H31NO4/c1-5-6-10-24-17-9-7-8-15(11-17)18-13-21(12-16(18)14-22)19(23)25-20(2,3)4/h7-9,11,16,18,22H,5-6,10,12-14H2,1-4H3/t16-,18+/m1/s1. The smallest absolute Gasteiger partial charge is 0.410 e. The number of ether oxygens (including phenoxy) is 2. The number of hydrogen-bond donors (Lipinski definition) is 1. The molecule has 1 heterocycles. The normalized spacial score (nSPS) is 20.6. The van der Waals surface area contributed by atoms with Crippen molar-refractivity contribution in [3.8, 4) is 5.75 Å². The molecule has 1 aliphatic rings. The molecule has 1 amide bonds. The van der Waals surface area contributed by atoms with Crippen molar-refractivity contribution in [3.63, 3.8) is 0 Å². The number of likely N-dealkylation sites (tertiary alicyclic amines) is 1. The highest BCUT2D eigenvalue weighted by Crippen LogP contribution is 2.34. The Morgan fingerprint density at radius 2 is 2.08 bits per heavy atom.